The van der Waals surface area contributed by atoms with Gasteiger partial charge in [0.15, 0.2) is 11.6 Å². The van der Waals surface area contributed by atoms with Gasteiger partial charge in [0.05, 0.1) is 12.7 Å². The second kappa shape index (κ2) is 6.11. The van der Waals surface area contributed by atoms with Crippen molar-refractivity contribution in [1.82, 2.24) is 9.97 Å². The predicted octanol–water partition coefficient (Wildman–Crippen LogP) is 3.43. The van der Waals surface area contributed by atoms with Crippen molar-refractivity contribution >= 4 is 17.4 Å². The minimum Gasteiger partial charge on any atom is -0.486 e. The smallest absolute Gasteiger partial charge is 0.486 e. The molecule has 0 fully saturated rings. The number of anilines is 1. The lowest BCUT2D eigenvalue weighted by molar-refractivity contribution is -0.274. The molecule has 0 saturated heterocycles. The van der Waals surface area contributed by atoms with Crippen LogP contribution in [0.3, 0.4) is 0 Å². The molecule has 1 aliphatic heterocycles. The molecule has 0 saturated carbocycles. The molecule has 0 amide bonds. The molecular weight excluding hydrogens is 335 g/mol. The lowest BCUT2D eigenvalue weighted by atomic mass is 10.2. The van der Waals surface area contributed by atoms with Gasteiger partial charge in [0.25, 0.3) is 0 Å². The Kier molecular flexibility index (Phi) is 4.16. The van der Waals surface area contributed by atoms with Crippen LogP contribution in [-0.4, -0.2) is 29.5 Å². The van der Waals surface area contributed by atoms with E-state index in [1.54, 1.807) is 12.1 Å². The maximum absolute atomic E-state index is 12.1. The van der Waals surface area contributed by atoms with Crippen molar-refractivity contribution in [2.24, 2.45) is 0 Å². The normalized spacial score (nSPS) is 14.2. The Morgan fingerprint density at radius 1 is 1.26 bits per heavy atom. The molecule has 2 heterocycles. The Bertz CT molecular complexity index is 695. The first-order valence-corrected chi connectivity index (χ1v) is 7.03. The second-order valence-corrected chi connectivity index (χ2v) is 5.13. The molecule has 5 nitrogen and oxygen atoms in total. The molecule has 0 bridgehead atoms. The zero-order valence-electron chi connectivity index (χ0n) is 11.7. The summed E-state index contributed by atoms with van der Waals surface area (Å²) < 4.78 is 45.7. The molecule has 0 aliphatic carbocycles. The van der Waals surface area contributed by atoms with Crippen LogP contribution in [0.5, 0.6) is 11.5 Å². The summed E-state index contributed by atoms with van der Waals surface area (Å²) in [5.41, 5.74) is 0.808. The SMILES string of the molecule is FC(F)(F)Oc1ccc(CN2CCOc3cnc(Cl)nc32)cc1. The minimum absolute atomic E-state index is 0.105. The topological polar surface area (TPSA) is 47.5 Å². The predicted molar refractivity (Wildman–Crippen MR) is 76.7 cm³/mol. The van der Waals surface area contributed by atoms with Crippen molar-refractivity contribution in [2.75, 3.05) is 18.1 Å². The molecule has 0 unspecified atom stereocenters. The molecule has 1 aromatic heterocycles. The van der Waals surface area contributed by atoms with Crippen LogP contribution in [0.15, 0.2) is 30.5 Å². The van der Waals surface area contributed by atoms with Crippen LogP contribution in [0.2, 0.25) is 5.28 Å². The second-order valence-electron chi connectivity index (χ2n) is 4.79. The number of halogens is 4. The van der Waals surface area contributed by atoms with E-state index in [1.165, 1.54) is 18.3 Å². The minimum atomic E-state index is -4.70. The molecule has 0 radical (unpaired) electrons. The number of ether oxygens (including phenoxy) is 2. The van der Waals surface area contributed by atoms with E-state index in [0.29, 0.717) is 31.3 Å². The fraction of sp³-hybridized carbons (Fsp3) is 0.286. The molecule has 0 atom stereocenters. The number of fused-ring (bicyclic) bond motifs is 1. The van der Waals surface area contributed by atoms with Crippen molar-refractivity contribution in [3.63, 3.8) is 0 Å². The summed E-state index contributed by atoms with van der Waals surface area (Å²) in [4.78, 5) is 9.92. The Hall–Kier alpha value is -2.22. The number of benzene rings is 1. The first kappa shape index (κ1) is 15.7. The van der Waals surface area contributed by atoms with Gasteiger partial charge in [-0.05, 0) is 29.3 Å². The summed E-state index contributed by atoms with van der Waals surface area (Å²) >= 11 is 5.80. The maximum Gasteiger partial charge on any atom is 0.573 e. The van der Waals surface area contributed by atoms with Crippen LogP contribution in [-0.2, 0) is 6.54 Å². The summed E-state index contributed by atoms with van der Waals surface area (Å²) in [6.45, 7) is 1.50. The number of nitrogens with zero attached hydrogens (tertiary/aromatic N) is 3. The highest BCUT2D eigenvalue weighted by Crippen LogP contribution is 2.31. The zero-order chi connectivity index (χ0) is 16.4. The van der Waals surface area contributed by atoms with E-state index in [-0.39, 0.29) is 11.0 Å². The van der Waals surface area contributed by atoms with E-state index in [4.69, 9.17) is 16.3 Å². The number of aromatic nitrogens is 2. The van der Waals surface area contributed by atoms with Gasteiger partial charge in [-0.3, -0.25) is 0 Å². The summed E-state index contributed by atoms with van der Waals surface area (Å²) in [6, 6.07) is 5.69. The third-order valence-corrected chi connectivity index (χ3v) is 3.34. The van der Waals surface area contributed by atoms with Crippen LogP contribution in [0.1, 0.15) is 5.56 Å². The van der Waals surface area contributed by atoms with Crippen LogP contribution in [0, 0.1) is 0 Å². The van der Waals surface area contributed by atoms with Crippen LogP contribution >= 0.6 is 11.6 Å². The molecule has 0 N–H and O–H groups in total. The van der Waals surface area contributed by atoms with Gasteiger partial charge in [0, 0.05) is 6.54 Å². The van der Waals surface area contributed by atoms with Crippen LogP contribution in [0.25, 0.3) is 0 Å². The molecule has 0 spiro atoms. The van der Waals surface area contributed by atoms with Crippen LogP contribution in [0.4, 0.5) is 19.0 Å². The Morgan fingerprint density at radius 3 is 2.70 bits per heavy atom. The van der Waals surface area contributed by atoms with Gasteiger partial charge in [-0.25, -0.2) is 4.98 Å². The molecule has 1 aromatic carbocycles. The first-order chi connectivity index (χ1) is 10.9. The van der Waals surface area contributed by atoms with Gasteiger partial charge >= 0.3 is 6.36 Å². The largest absolute Gasteiger partial charge is 0.573 e. The highest BCUT2D eigenvalue weighted by atomic mass is 35.5. The summed E-state index contributed by atoms with van der Waals surface area (Å²) in [5, 5.41) is 0.105. The lowest BCUT2D eigenvalue weighted by Crippen LogP contribution is -2.33. The van der Waals surface area contributed by atoms with Gasteiger partial charge < -0.3 is 14.4 Å². The quantitative estimate of drug-likeness (QED) is 0.798. The Balaban J connectivity index is 1.75. The third kappa shape index (κ3) is 3.95. The van der Waals surface area contributed by atoms with Gasteiger partial charge in [0.1, 0.15) is 12.4 Å². The van der Waals surface area contributed by atoms with E-state index in [1.807, 2.05) is 4.90 Å². The van der Waals surface area contributed by atoms with Gasteiger partial charge in [-0.1, -0.05) is 12.1 Å². The molecule has 2 aromatic rings. The van der Waals surface area contributed by atoms with Crippen molar-refractivity contribution in [1.29, 1.82) is 0 Å². The molecule has 122 valence electrons. The van der Waals surface area contributed by atoms with Gasteiger partial charge in [-0.15, -0.1) is 13.2 Å². The van der Waals surface area contributed by atoms with E-state index < -0.39 is 6.36 Å². The monoisotopic (exact) mass is 345 g/mol. The third-order valence-electron chi connectivity index (χ3n) is 3.16. The molecule has 9 heteroatoms. The molecule has 3 rings (SSSR count). The number of alkyl halides is 3. The van der Waals surface area contributed by atoms with Crippen LogP contribution < -0.4 is 14.4 Å². The number of rotatable bonds is 3. The molecular formula is C14H11ClF3N3O2. The lowest BCUT2D eigenvalue weighted by Gasteiger charge is -2.29. The van der Waals surface area contributed by atoms with Gasteiger partial charge in [0.2, 0.25) is 5.28 Å². The van der Waals surface area contributed by atoms with E-state index in [2.05, 4.69) is 14.7 Å². The van der Waals surface area contributed by atoms with E-state index in [0.717, 1.165) is 5.56 Å². The molecule has 1 aliphatic rings. The summed E-state index contributed by atoms with van der Waals surface area (Å²) in [5.74, 6) is 0.832. The van der Waals surface area contributed by atoms with Crippen molar-refractivity contribution in [3.8, 4) is 11.5 Å². The fourth-order valence-electron chi connectivity index (χ4n) is 2.21. The standard InChI is InChI=1S/C14H11ClF3N3O2/c15-13-19-7-11-12(20-13)21(5-6-22-11)8-9-1-3-10(4-2-9)23-14(16,17)18/h1-4,7H,5-6,8H2. The van der Waals surface area contributed by atoms with Gasteiger partial charge in [-0.2, -0.15) is 4.98 Å². The van der Waals surface area contributed by atoms with Crippen molar-refractivity contribution < 1.29 is 22.6 Å². The molecule has 23 heavy (non-hydrogen) atoms. The summed E-state index contributed by atoms with van der Waals surface area (Å²) in [6.07, 6.45) is -3.20. The first-order valence-electron chi connectivity index (χ1n) is 6.66. The van der Waals surface area contributed by atoms with E-state index >= 15 is 0 Å². The van der Waals surface area contributed by atoms with Crippen molar-refractivity contribution in [2.45, 2.75) is 12.9 Å². The summed E-state index contributed by atoms with van der Waals surface area (Å²) in [7, 11) is 0. The van der Waals surface area contributed by atoms with E-state index in [9.17, 15) is 13.2 Å². The average molecular weight is 346 g/mol. The van der Waals surface area contributed by atoms with Crippen molar-refractivity contribution in [3.05, 3.63) is 41.3 Å². The fourth-order valence-corrected chi connectivity index (χ4v) is 2.34. The average Bonchev–Trinajstić information content (AvgIpc) is 2.48. The maximum atomic E-state index is 12.1. The zero-order valence-corrected chi connectivity index (χ0v) is 12.4. The highest BCUT2D eigenvalue weighted by Gasteiger charge is 2.31. The Labute approximate surface area is 134 Å². The Morgan fingerprint density at radius 2 is 2.00 bits per heavy atom. The number of hydrogen-bond acceptors (Lipinski definition) is 5. The number of hydrogen-bond donors (Lipinski definition) is 0. The highest BCUT2D eigenvalue weighted by molar-refractivity contribution is 6.28.